The van der Waals surface area contributed by atoms with Crippen molar-refractivity contribution in [1.82, 2.24) is 15.5 Å². The highest BCUT2D eigenvalue weighted by atomic mass is 32.1. The van der Waals surface area contributed by atoms with Crippen molar-refractivity contribution < 1.29 is 4.42 Å². The Morgan fingerprint density at radius 1 is 1.17 bits per heavy atom. The molecular formula is C18H29N3OS. The number of hydrogen-bond donors (Lipinski definition) is 2. The fraction of sp³-hybridized carbons (Fsp3) is 0.722. The third-order valence-corrected chi connectivity index (χ3v) is 5.36. The van der Waals surface area contributed by atoms with E-state index in [4.69, 9.17) is 16.6 Å². The second-order valence-corrected chi connectivity index (χ2v) is 7.23. The van der Waals surface area contributed by atoms with E-state index in [-0.39, 0.29) is 6.04 Å². The summed E-state index contributed by atoms with van der Waals surface area (Å²) in [6.45, 7) is 3.11. The van der Waals surface area contributed by atoms with E-state index in [9.17, 15) is 0 Å². The zero-order valence-electron chi connectivity index (χ0n) is 13.9. The van der Waals surface area contributed by atoms with E-state index in [1.54, 1.807) is 6.26 Å². The van der Waals surface area contributed by atoms with E-state index >= 15 is 0 Å². The molecule has 0 bridgehead atoms. The van der Waals surface area contributed by atoms with Crippen LogP contribution in [0.25, 0.3) is 0 Å². The predicted molar refractivity (Wildman–Crippen MR) is 97.5 cm³/mol. The van der Waals surface area contributed by atoms with Gasteiger partial charge in [0.2, 0.25) is 0 Å². The molecule has 2 heterocycles. The van der Waals surface area contributed by atoms with E-state index in [0.29, 0.717) is 6.04 Å². The molecular weight excluding hydrogens is 306 g/mol. The van der Waals surface area contributed by atoms with Gasteiger partial charge >= 0.3 is 0 Å². The summed E-state index contributed by atoms with van der Waals surface area (Å²) in [6, 6.07) is 4.89. The molecule has 3 rings (SSSR count). The Labute approximate surface area is 145 Å². The highest BCUT2D eigenvalue weighted by Crippen LogP contribution is 2.24. The molecule has 128 valence electrons. The van der Waals surface area contributed by atoms with Gasteiger partial charge in [-0.15, -0.1) is 0 Å². The van der Waals surface area contributed by atoms with Crippen molar-refractivity contribution >= 4 is 17.3 Å². The molecule has 1 aromatic rings. The molecule has 2 aliphatic rings. The van der Waals surface area contributed by atoms with Gasteiger partial charge in [0.1, 0.15) is 5.76 Å². The lowest BCUT2D eigenvalue weighted by atomic mass is 9.96. The maximum atomic E-state index is 5.69. The van der Waals surface area contributed by atoms with Crippen LogP contribution in [0, 0.1) is 0 Å². The van der Waals surface area contributed by atoms with Crippen LogP contribution in [-0.2, 0) is 0 Å². The Balaban J connectivity index is 1.52. The van der Waals surface area contributed by atoms with Gasteiger partial charge in [-0.3, -0.25) is 4.90 Å². The first kappa shape index (κ1) is 16.8. The number of furan rings is 1. The highest BCUT2D eigenvalue weighted by molar-refractivity contribution is 7.80. The molecule has 2 fully saturated rings. The van der Waals surface area contributed by atoms with Crippen LogP contribution in [0.2, 0.25) is 0 Å². The quantitative estimate of drug-likeness (QED) is 0.805. The smallest absolute Gasteiger partial charge is 0.166 e. The number of nitrogens with zero attached hydrogens (tertiary/aromatic N) is 1. The average Bonchev–Trinajstić information content (AvgIpc) is 3.11. The summed E-state index contributed by atoms with van der Waals surface area (Å²) in [5.41, 5.74) is 0. The van der Waals surface area contributed by atoms with Gasteiger partial charge in [-0.2, -0.15) is 0 Å². The molecule has 1 aliphatic carbocycles. The Morgan fingerprint density at radius 3 is 2.61 bits per heavy atom. The van der Waals surface area contributed by atoms with Crippen LogP contribution in [-0.4, -0.2) is 35.7 Å². The van der Waals surface area contributed by atoms with Crippen LogP contribution in [0.3, 0.4) is 0 Å². The summed E-state index contributed by atoms with van der Waals surface area (Å²) in [6.07, 6.45) is 12.2. The second-order valence-electron chi connectivity index (χ2n) is 6.82. The minimum Gasteiger partial charge on any atom is -0.468 e. The van der Waals surface area contributed by atoms with Crippen LogP contribution in [0.15, 0.2) is 22.8 Å². The van der Waals surface area contributed by atoms with Crippen molar-refractivity contribution in [1.29, 1.82) is 0 Å². The highest BCUT2D eigenvalue weighted by Gasteiger charge is 2.24. The summed E-state index contributed by atoms with van der Waals surface area (Å²) >= 11 is 5.51. The van der Waals surface area contributed by atoms with Crippen LogP contribution >= 0.6 is 12.2 Å². The first-order valence-corrected chi connectivity index (χ1v) is 9.55. The number of piperidine rings is 1. The van der Waals surface area contributed by atoms with Crippen LogP contribution < -0.4 is 10.6 Å². The molecule has 0 radical (unpaired) electrons. The van der Waals surface area contributed by atoms with Crippen LogP contribution in [0.1, 0.15) is 63.2 Å². The van der Waals surface area contributed by atoms with E-state index < -0.39 is 0 Å². The summed E-state index contributed by atoms with van der Waals surface area (Å²) in [5.74, 6) is 1.04. The average molecular weight is 336 g/mol. The number of likely N-dealkylation sites (tertiary alicyclic amines) is 1. The van der Waals surface area contributed by atoms with Gasteiger partial charge in [0.25, 0.3) is 0 Å². The monoisotopic (exact) mass is 335 g/mol. The molecule has 0 amide bonds. The Hall–Kier alpha value is -1.07. The molecule has 1 saturated heterocycles. The molecule has 2 N–H and O–H groups in total. The van der Waals surface area contributed by atoms with Crippen molar-refractivity contribution in [3.05, 3.63) is 24.2 Å². The van der Waals surface area contributed by atoms with Gasteiger partial charge in [-0.25, -0.2) is 0 Å². The number of thiocarbonyl (C=S) groups is 1. The third kappa shape index (κ3) is 4.95. The second kappa shape index (κ2) is 8.69. The lowest BCUT2D eigenvalue weighted by molar-refractivity contribution is 0.146. The third-order valence-electron chi connectivity index (χ3n) is 5.10. The van der Waals surface area contributed by atoms with Gasteiger partial charge in [-0.1, -0.05) is 25.7 Å². The van der Waals surface area contributed by atoms with Crippen molar-refractivity contribution in [2.75, 3.05) is 19.6 Å². The standard InChI is InChI=1S/C18H29N3OS/c23-18(20-15-8-3-1-4-9-15)19-14-16(17-10-7-13-22-17)21-11-5-2-6-12-21/h7,10,13,15-16H,1-6,8-9,11-12,14H2,(H2,19,20,23)/t16-/m0/s1. The normalized spacial score (nSPS) is 21.7. The fourth-order valence-electron chi connectivity index (χ4n) is 3.79. The zero-order valence-corrected chi connectivity index (χ0v) is 14.7. The first-order valence-electron chi connectivity index (χ1n) is 9.15. The maximum Gasteiger partial charge on any atom is 0.166 e. The molecule has 1 aliphatic heterocycles. The lowest BCUT2D eigenvalue weighted by Gasteiger charge is -2.34. The summed E-state index contributed by atoms with van der Waals surface area (Å²) in [5, 5.41) is 7.72. The topological polar surface area (TPSA) is 40.4 Å². The van der Waals surface area contributed by atoms with Crippen LogP contribution in [0.5, 0.6) is 0 Å². The van der Waals surface area contributed by atoms with E-state index in [0.717, 1.165) is 30.5 Å². The van der Waals surface area contributed by atoms with E-state index in [1.165, 1.54) is 51.4 Å². The number of rotatable bonds is 5. The summed E-state index contributed by atoms with van der Waals surface area (Å²) < 4.78 is 5.69. The molecule has 4 nitrogen and oxygen atoms in total. The molecule has 5 heteroatoms. The van der Waals surface area contributed by atoms with Gasteiger partial charge in [0.15, 0.2) is 5.11 Å². The molecule has 1 atom stereocenters. The number of nitrogens with one attached hydrogen (secondary N) is 2. The predicted octanol–water partition coefficient (Wildman–Crippen LogP) is 3.60. The molecule has 0 unspecified atom stereocenters. The van der Waals surface area contributed by atoms with Gasteiger partial charge in [-0.05, 0) is 63.1 Å². The van der Waals surface area contributed by atoms with Crippen molar-refractivity contribution in [2.45, 2.75) is 63.5 Å². The number of hydrogen-bond acceptors (Lipinski definition) is 3. The first-order chi connectivity index (χ1) is 11.3. The fourth-order valence-corrected chi connectivity index (χ4v) is 4.04. The minimum atomic E-state index is 0.274. The van der Waals surface area contributed by atoms with Gasteiger partial charge < -0.3 is 15.1 Å². The van der Waals surface area contributed by atoms with Crippen molar-refractivity contribution in [3.63, 3.8) is 0 Å². The van der Waals surface area contributed by atoms with Crippen molar-refractivity contribution in [3.8, 4) is 0 Å². The summed E-state index contributed by atoms with van der Waals surface area (Å²) in [4.78, 5) is 2.53. The molecule has 1 saturated carbocycles. The molecule has 0 aromatic carbocycles. The van der Waals surface area contributed by atoms with E-state index in [1.807, 2.05) is 6.07 Å². The van der Waals surface area contributed by atoms with Crippen LogP contribution in [0.4, 0.5) is 0 Å². The van der Waals surface area contributed by atoms with Gasteiger partial charge in [0, 0.05) is 12.6 Å². The SMILES string of the molecule is S=C(NC[C@@H](c1ccco1)N1CCCCC1)NC1CCCCC1. The van der Waals surface area contributed by atoms with Gasteiger partial charge in [0.05, 0.1) is 12.3 Å². The Bertz CT molecular complexity index is 465. The lowest BCUT2D eigenvalue weighted by Crippen LogP contribution is -2.46. The Kier molecular flexibility index (Phi) is 6.34. The maximum absolute atomic E-state index is 5.69. The Morgan fingerprint density at radius 2 is 1.91 bits per heavy atom. The minimum absolute atomic E-state index is 0.274. The van der Waals surface area contributed by atoms with Crippen molar-refractivity contribution in [2.24, 2.45) is 0 Å². The molecule has 0 spiro atoms. The zero-order chi connectivity index (χ0) is 15.9. The molecule has 1 aromatic heterocycles. The summed E-state index contributed by atoms with van der Waals surface area (Å²) in [7, 11) is 0. The van der Waals surface area contributed by atoms with E-state index in [2.05, 4.69) is 21.6 Å². The molecule has 23 heavy (non-hydrogen) atoms. The largest absolute Gasteiger partial charge is 0.468 e.